The van der Waals surface area contributed by atoms with Crippen LogP contribution in [0.2, 0.25) is 0 Å². The number of H-pyrrole nitrogens is 1. The van der Waals surface area contributed by atoms with Crippen molar-refractivity contribution in [3.63, 3.8) is 0 Å². The molecule has 0 amide bonds. The number of hydrogen-bond acceptors (Lipinski definition) is 9. The first-order valence-corrected chi connectivity index (χ1v) is 19.9. The SMILES string of the molecule is COc1ccc(C[C@@H](C)NC[C@H](O)c2ccc(O)c3[nH]c(=O)ccc23)cc1.C[C@@H]1C[C@H]2[C@@H]3CCC4=CC(=O)C=C[C@]4(C)[C@@]3(Cl)[C@@H](O)C[C@]2(C)[C@@]1(O)C(=O)CCl. The van der Waals surface area contributed by atoms with Crippen LogP contribution >= 0.6 is 23.2 Å². The highest BCUT2D eigenvalue weighted by atomic mass is 35.5. The van der Waals surface area contributed by atoms with E-state index in [1.165, 1.54) is 17.7 Å². The first-order valence-electron chi connectivity index (χ1n) is 19.0. The summed E-state index contributed by atoms with van der Waals surface area (Å²) < 4.78 is 5.16. The topological polar surface area (TPSA) is 169 Å². The average molecular weight is 796 g/mol. The molecule has 0 aliphatic heterocycles. The van der Waals surface area contributed by atoms with E-state index in [2.05, 4.69) is 17.2 Å². The van der Waals surface area contributed by atoms with Gasteiger partial charge in [0.05, 0.1) is 35.6 Å². The lowest BCUT2D eigenvalue weighted by Crippen LogP contribution is -2.68. The number of aromatic amines is 1. The Bertz CT molecular complexity index is 2070. The fourth-order valence-corrected chi connectivity index (χ4v) is 11.1. The fourth-order valence-electron chi connectivity index (χ4n) is 10.4. The molecular formula is C43H52Cl2N2O8. The summed E-state index contributed by atoms with van der Waals surface area (Å²) in [4.78, 5) is 37.8. The van der Waals surface area contributed by atoms with Gasteiger partial charge in [0.25, 0.3) is 0 Å². The van der Waals surface area contributed by atoms with Crippen molar-refractivity contribution >= 4 is 45.7 Å². The summed E-state index contributed by atoms with van der Waals surface area (Å²) in [5.74, 6) is -0.192. The number of ketones is 2. The number of rotatable bonds is 9. The molecule has 7 rings (SSSR count). The van der Waals surface area contributed by atoms with Crippen LogP contribution in [0.1, 0.15) is 70.6 Å². The molecule has 296 valence electrons. The van der Waals surface area contributed by atoms with Crippen LogP contribution in [0, 0.1) is 28.6 Å². The van der Waals surface area contributed by atoms with E-state index in [9.17, 15) is 34.8 Å². The van der Waals surface area contributed by atoms with Crippen LogP contribution in [0.3, 0.4) is 0 Å². The number of phenols is 1. The minimum absolute atomic E-state index is 0.00929. The number of benzene rings is 2. The molecule has 3 saturated carbocycles. The molecule has 0 saturated heterocycles. The molecule has 0 spiro atoms. The third-order valence-corrected chi connectivity index (χ3v) is 14.6. The Morgan fingerprint density at radius 2 is 1.80 bits per heavy atom. The van der Waals surface area contributed by atoms with Crippen molar-refractivity contribution in [1.82, 2.24) is 10.3 Å². The van der Waals surface area contributed by atoms with E-state index in [1.807, 2.05) is 51.1 Å². The van der Waals surface area contributed by atoms with Crippen LogP contribution in [0.15, 0.2) is 77.1 Å². The first-order chi connectivity index (χ1) is 25.9. The molecule has 6 N–H and O–H groups in total. The third-order valence-electron chi connectivity index (χ3n) is 13.4. The van der Waals surface area contributed by atoms with Crippen molar-refractivity contribution in [3.05, 3.63) is 93.8 Å². The lowest BCUT2D eigenvalue weighted by atomic mass is 9.45. The van der Waals surface area contributed by atoms with Gasteiger partial charge in [0, 0.05) is 34.9 Å². The molecule has 10 atom stereocenters. The number of aliphatic hydroxyl groups is 3. The minimum Gasteiger partial charge on any atom is -0.506 e. The predicted molar refractivity (Wildman–Crippen MR) is 214 cm³/mol. The van der Waals surface area contributed by atoms with Gasteiger partial charge in [-0.15, -0.1) is 23.2 Å². The molecule has 0 unspecified atom stereocenters. The Balaban J connectivity index is 0.000000187. The number of fused-ring (bicyclic) bond motifs is 6. The van der Waals surface area contributed by atoms with E-state index < -0.39 is 33.5 Å². The number of aliphatic hydroxyl groups excluding tert-OH is 2. The third kappa shape index (κ3) is 6.87. The molecule has 3 aromatic rings. The molecular weight excluding hydrogens is 743 g/mol. The van der Waals surface area contributed by atoms with Crippen molar-refractivity contribution in [2.75, 3.05) is 19.5 Å². The highest BCUT2D eigenvalue weighted by Crippen LogP contribution is 2.71. The van der Waals surface area contributed by atoms with E-state index in [4.69, 9.17) is 27.9 Å². The van der Waals surface area contributed by atoms with Crippen molar-refractivity contribution in [1.29, 1.82) is 0 Å². The lowest BCUT2D eigenvalue weighted by Gasteiger charge is -2.63. The molecule has 55 heavy (non-hydrogen) atoms. The van der Waals surface area contributed by atoms with Crippen LogP contribution in [-0.2, 0) is 16.0 Å². The second-order valence-corrected chi connectivity index (χ2v) is 17.3. The van der Waals surface area contributed by atoms with E-state index in [0.717, 1.165) is 30.6 Å². The highest BCUT2D eigenvalue weighted by Gasteiger charge is 2.74. The maximum absolute atomic E-state index is 12.7. The zero-order chi connectivity index (χ0) is 40.1. The van der Waals surface area contributed by atoms with Gasteiger partial charge in [-0.1, -0.05) is 50.6 Å². The zero-order valence-corrected chi connectivity index (χ0v) is 33.5. The molecule has 0 bridgehead atoms. The number of allylic oxidation sites excluding steroid dienone is 4. The summed E-state index contributed by atoms with van der Waals surface area (Å²) in [6.07, 6.45) is 6.52. The number of halogens is 2. The van der Waals surface area contributed by atoms with Crippen molar-refractivity contribution < 1.29 is 34.8 Å². The average Bonchev–Trinajstić information content (AvgIpc) is 3.36. The van der Waals surface area contributed by atoms with Gasteiger partial charge in [-0.05, 0) is 104 Å². The van der Waals surface area contributed by atoms with Gasteiger partial charge in [-0.2, -0.15) is 0 Å². The number of nitrogens with one attached hydrogen (secondary N) is 2. The molecule has 1 aromatic heterocycles. The first kappa shape index (κ1) is 41.1. The lowest BCUT2D eigenvalue weighted by molar-refractivity contribution is -0.175. The minimum atomic E-state index is -1.56. The monoisotopic (exact) mass is 794 g/mol. The van der Waals surface area contributed by atoms with Crippen LogP contribution in [0.25, 0.3) is 10.9 Å². The summed E-state index contributed by atoms with van der Waals surface area (Å²) in [5.41, 5.74) is -0.137. The summed E-state index contributed by atoms with van der Waals surface area (Å²) in [6, 6.07) is 14.2. The van der Waals surface area contributed by atoms with Gasteiger partial charge in [0.15, 0.2) is 11.6 Å². The summed E-state index contributed by atoms with van der Waals surface area (Å²) in [6.45, 7) is 8.23. The Morgan fingerprint density at radius 3 is 2.47 bits per heavy atom. The van der Waals surface area contributed by atoms with Crippen molar-refractivity contribution in [2.24, 2.45) is 28.6 Å². The normalized spacial score (nSPS) is 33.3. The number of ether oxygens (including phenoxy) is 1. The maximum Gasteiger partial charge on any atom is 0.248 e. The molecule has 10 nitrogen and oxygen atoms in total. The summed E-state index contributed by atoms with van der Waals surface area (Å²) in [5, 5.41) is 47.5. The second-order valence-electron chi connectivity index (χ2n) is 16.4. The van der Waals surface area contributed by atoms with E-state index in [0.29, 0.717) is 29.4 Å². The Kier molecular flexibility index (Phi) is 11.5. The summed E-state index contributed by atoms with van der Waals surface area (Å²) in [7, 11) is 1.64. The Morgan fingerprint density at radius 1 is 1.09 bits per heavy atom. The number of carbonyl (C=O) groups excluding carboxylic acids is 2. The molecule has 1 heterocycles. The second kappa shape index (κ2) is 15.4. The summed E-state index contributed by atoms with van der Waals surface area (Å²) >= 11 is 13.2. The predicted octanol–water partition coefficient (Wildman–Crippen LogP) is 5.91. The number of hydrogen-bond donors (Lipinski definition) is 6. The van der Waals surface area contributed by atoms with Crippen molar-refractivity contribution in [3.8, 4) is 11.5 Å². The number of aromatic hydroxyl groups is 1. The van der Waals surface area contributed by atoms with E-state index in [-0.39, 0.29) is 59.0 Å². The number of carbonyl (C=O) groups is 2. The van der Waals surface area contributed by atoms with Crippen LogP contribution in [-0.4, -0.2) is 79.1 Å². The van der Waals surface area contributed by atoms with Crippen LogP contribution < -0.4 is 15.6 Å². The smallest absolute Gasteiger partial charge is 0.248 e. The molecule has 0 radical (unpaired) electrons. The molecule has 4 aliphatic carbocycles. The Hall–Kier alpha value is -3.51. The Labute approximate surface area is 331 Å². The number of Topliss-reactive ketones (excluding diaryl/α,β-unsaturated/α-hetero) is 1. The standard InChI is InChI=1S/C22H28Cl2O4.C21H24N2O4/c1-12-8-16-15-5-4-13-9-14(25)6-7-19(13,2)21(15,24)17(26)10-20(16,3)22(12,28)18(27)11-23;1-13(11-14-3-5-15(27-2)6-4-14)22-12-19(25)16-7-9-18(24)21-17(16)8-10-20(26)23-21/h6-7,9,12,15-17,26,28H,4-5,8,10-11H2,1-3H3;3-10,13,19,22,24-25H,11-12H2,1-2H3,(H,23,26)/t12-,15+,16+,17+,19+,20+,21+,22+;13-,19+/m11/s1. The van der Waals surface area contributed by atoms with Crippen molar-refractivity contribution in [2.45, 2.75) is 88.5 Å². The fraction of sp³-hybridized carbons (Fsp3) is 0.512. The number of phenolic OH excluding ortho intramolecular Hbond substituents is 1. The molecule has 12 heteroatoms. The van der Waals surface area contributed by atoms with Gasteiger partial charge in [-0.3, -0.25) is 14.4 Å². The molecule has 2 aromatic carbocycles. The molecule has 4 aliphatic rings. The van der Waals surface area contributed by atoms with Gasteiger partial charge in [-0.25, -0.2) is 0 Å². The maximum atomic E-state index is 12.7. The zero-order valence-electron chi connectivity index (χ0n) is 31.9. The number of alkyl halides is 2. The van der Waals surface area contributed by atoms with Gasteiger partial charge in [0.1, 0.15) is 17.1 Å². The number of pyridine rings is 1. The highest BCUT2D eigenvalue weighted by molar-refractivity contribution is 6.29. The number of methoxy groups -OCH3 is 1. The largest absolute Gasteiger partial charge is 0.506 e. The number of aromatic nitrogens is 1. The quantitative estimate of drug-likeness (QED) is 0.144. The van der Waals surface area contributed by atoms with E-state index >= 15 is 0 Å². The van der Waals surface area contributed by atoms with Crippen LogP contribution in [0.5, 0.6) is 11.5 Å². The molecule has 3 fully saturated rings. The van der Waals surface area contributed by atoms with E-state index in [1.54, 1.807) is 31.4 Å². The van der Waals surface area contributed by atoms with Gasteiger partial charge in [0.2, 0.25) is 5.56 Å². The van der Waals surface area contributed by atoms with Crippen LogP contribution in [0.4, 0.5) is 0 Å². The van der Waals surface area contributed by atoms with Gasteiger partial charge < -0.3 is 35.5 Å². The van der Waals surface area contributed by atoms with Gasteiger partial charge >= 0.3 is 0 Å².